The number of amides is 2. The summed E-state index contributed by atoms with van der Waals surface area (Å²) in [6.07, 6.45) is 6.08. The number of carbonyl (C=O) groups is 2. The third-order valence-electron chi connectivity index (χ3n) is 6.02. The molecule has 0 aromatic heterocycles. The number of nitrogens with zero attached hydrogens (tertiary/aromatic N) is 2. The highest BCUT2D eigenvalue weighted by Gasteiger charge is 2.38. The van der Waals surface area contributed by atoms with Crippen LogP contribution in [0, 0.1) is 0 Å². The van der Waals surface area contributed by atoms with Gasteiger partial charge < -0.3 is 19.9 Å². The second-order valence-corrected chi connectivity index (χ2v) is 8.06. The van der Waals surface area contributed by atoms with Crippen molar-refractivity contribution in [1.29, 1.82) is 0 Å². The van der Waals surface area contributed by atoms with E-state index in [9.17, 15) is 9.59 Å². The molecule has 146 valence electrons. The molecule has 1 aromatic carbocycles. The van der Waals surface area contributed by atoms with E-state index in [0.717, 1.165) is 70.4 Å². The van der Waals surface area contributed by atoms with Crippen LogP contribution in [0.4, 0.5) is 11.4 Å². The molecule has 27 heavy (non-hydrogen) atoms. The van der Waals surface area contributed by atoms with Crippen molar-refractivity contribution in [2.75, 3.05) is 43.0 Å². The largest absolute Gasteiger partial charge is 0.371 e. The van der Waals surface area contributed by atoms with Crippen LogP contribution in [-0.4, -0.2) is 55.1 Å². The Hall–Kier alpha value is -2.08. The summed E-state index contributed by atoms with van der Waals surface area (Å²) >= 11 is 0. The summed E-state index contributed by atoms with van der Waals surface area (Å²) < 4.78 is 5.64. The molecule has 6 nitrogen and oxygen atoms in total. The fourth-order valence-electron chi connectivity index (χ4n) is 4.33. The molecule has 0 saturated carbocycles. The highest BCUT2D eigenvalue weighted by atomic mass is 16.5. The van der Waals surface area contributed by atoms with E-state index < -0.39 is 5.60 Å². The molecular formula is C21H29N3O3. The van der Waals surface area contributed by atoms with Crippen LogP contribution in [0.25, 0.3) is 0 Å². The summed E-state index contributed by atoms with van der Waals surface area (Å²) in [6.45, 7) is 6.07. The molecule has 0 unspecified atom stereocenters. The molecule has 3 fully saturated rings. The zero-order chi connectivity index (χ0) is 18.9. The average molecular weight is 371 g/mol. The summed E-state index contributed by atoms with van der Waals surface area (Å²) in [5, 5.41) is 2.97. The smallest absolute Gasteiger partial charge is 0.256 e. The maximum absolute atomic E-state index is 13.1. The van der Waals surface area contributed by atoms with Crippen LogP contribution in [0.1, 0.15) is 55.8 Å². The van der Waals surface area contributed by atoms with E-state index in [-0.39, 0.29) is 11.8 Å². The van der Waals surface area contributed by atoms with E-state index in [0.29, 0.717) is 17.9 Å². The van der Waals surface area contributed by atoms with Crippen LogP contribution in [0.15, 0.2) is 18.2 Å². The fraction of sp³-hybridized carbons (Fsp3) is 0.619. The van der Waals surface area contributed by atoms with Crippen LogP contribution in [0.5, 0.6) is 0 Å². The van der Waals surface area contributed by atoms with Crippen molar-refractivity contribution in [2.45, 2.75) is 51.0 Å². The Bertz CT molecular complexity index is 715. The van der Waals surface area contributed by atoms with Gasteiger partial charge in [-0.1, -0.05) is 0 Å². The van der Waals surface area contributed by atoms with Crippen LogP contribution >= 0.6 is 0 Å². The van der Waals surface area contributed by atoms with Gasteiger partial charge in [0.25, 0.3) is 11.8 Å². The van der Waals surface area contributed by atoms with Gasteiger partial charge in [0, 0.05) is 44.2 Å². The van der Waals surface area contributed by atoms with Gasteiger partial charge >= 0.3 is 0 Å². The Morgan fingerprint density at radius 3 is 2.41 bits per heavy atom. The van der Waals surface area contributed by atoms with Gasteiger partial charge in [-0.2, -0.15) is 0 Å². The highest BCUT2D eigenvalue weighted by molar-refractivity contribution is 6.03. The SMILES string of the molecule is C[C@@]1(C(=O)Nc2ccc(N3CCCC3)c(C(=O)N3CCCC3)c2)CCCO1. The maximum Gasteiger partial charge on any atom is 0.256 e. The third kappa shape index (κ3) is 3.68. The molecule has 0 spiro atoms. The first-order chi connectivity index (χ1) is 13.1. The first kappa shape index (κ1) is 18.3. The van der Waals surface area contributed by atoms with Crippen molar-refractivity contribution in [3.05, 3.63) is 23.8 Å². The predicted octanol–water partition coefficient (Wildman–Crippen LogP) is 3.03. The summed E-state index contributed by atoms with van der Waals surface area (Å²) in [6, 6.07) is 5.75. The second kappa shape index (κ2) is 7.50. The molecule has 0 bridgehead atoms. The third-order valence-corrected chi connectivity index (χ3v) is 6.02. The van der Waals surface area contributed by atoms with Crippen molar-refractivity contribution >= 4 is 23.2 Å². The van der Waals surface area contributed by atoms with Crippen LogP contribution in [-0.2, 0) is 9.53 Å². The van der Waals surface area contributed by atoms with Gasteiger partial charge in [0.05, 0.1) is 5.56 Å². The molecule has 6 heteroatoms. The number of carbonyl (C=O) groups excluding carboxylic acids is 2. The van der Waals surface area contributed by atoms with E-state index in [4.69, 9.17) is 4.74 Å². The minimum atomic E-state index is -0.771. The van der Waals surface area contributed by atoms with Crippen LogP contribution < -0.4 is 10.2 Å². The summed E-state index contributed by atoms with van der Waals surface area (Å²) in [5.74, 6) is -0.0534. The molecule has 3 saturated heterocycles. The number of likely N-dealkylation sites (tertiary alicyclic amines) is 1. The van der Waals surface area contributed by atoms with Crippen molar-refractivity contribution in [3.63, 3.8) is 0 Å². The van der Waals surface area contributed by atoms with E-state index >= 15 is 0 Å². The molecule has 0 aliphatic carbocycles. The Morgan fingerprint density at radius 2 is 1.74 bits per heavy atom. The number of nitrogens with one attached hydrogen (secondary N) is 1. The highest BCUT2D eigenvalue weighted by Crippen LogP contribution is 2.31. The predicted molar refractivity (Wildman–Crippen MR) is 105 cm³/mol. The van der Waals surface area contributed by atoms with Crippen molar-refractivity contribution in [1.82, 2.24) is 4.90 Å². The van der Waals surface area contributed by atoms with Gasteiger partial charge in [0.2, 0.25) is 0 Å². The summed E-state index contributed by atoms with van der Waals surface area (Å²) in [4.78, 5) is 30.0. The molecule has 2 amide bonds. The maximum atomic E-state index is 13.1. The Balaban J connectivity index is 1.60. The number of ether oxygens (including phenoxy) is 1. The number of hydrogen-bond donors (Lipinski definition) is 1. The van der Waals surface area contributed by atoms with E-state index in [1.807, 2.05) is 30.0 Å². The Morgan fingerprint density at radius 1 is 1.04 bits per heavy atom. The zero-order valence-corrected chi connectivity index (χ0v) is 16.1. The van der Waals surface area contributed by atoms with E-state index in [2.05, 4.69) is 10.2 Å². The Kier molecular flexibility index (Phi) is 5.08. The summed E-state index contributed by atoms with van der Waals surface area (Å²) in [7, 11) is 0. The van der Waals surface area contributed by atoms with Gasteiger partial charge in [-0.15, -0.1) is 0 Å². The topological polar surface area (TPSA) is 61.9 Å². The molecule has 3 aliphatic heterocycles. The number of anilines is 2. The first-order valence-corrected chi connectivity index (χ1v) is 10.2. The van der Waals surface area contributed by atoms with Crippen molar-refractivity contribution in [2.24, 2.45) is 0 Å². The lowest BCUT2D eigenvalue weighted by Gasteiger charge is -2.25. The van der Waals surface area contributed by atoms with E-state index in [1.165, 1.54) is 0 Å². The molecule has 1 N–H and O–H groups in total. The van der Waals surface area contributed by atoms with Gasteiger partial charge in [-0.25, -0.2) is 0 Å². The lowest BCUT2D eigenvalue weighted by Crippen LogP contribution is -2.39. The van der Waals surface area contributed by atoms with Gasteiger partial charge in [0.15, 0.2) is 0 Å². The van der Waals surface area contributed by atoms with Gasteiger partial charge in [-0.05, 0) is 63.6 Å². The lowest BCUT2D eigenvalue weighted by atomic mass is 10.0. The standard InChI is InChI=1S/C21H29N3O3/c1-21(9-6-14-27-21)20(26)22-16-7-8-18(23-10-2-3-11-23)17(15-16)19(25)24-12-4-5-13-24/h7-8,15H,2-6,9-14H2,1H3,(H,22,26)/t21-/m0/s1. The second-order valence-electron chi connectivity index (χ2n) is 8.06. The molecular weight excluding hydrogens is 342 g/mol. The fourth-order valence-corrected chi connectivity index (χ4v) is 4.33. The molecule has 0 radical (unpaired) electrons. The minimum Gasteiger partial charge on any atom is -0.371 e. The quantitative estimate of drug-likeness (QED) is 0.884. The average Bonchev–Trinajstić information content (AvgIpc) is 3.43. The van der Waals surface area contributed by atoms with Crippen LogP contribution in [0.3, 0.4) is 0 Å². The monoisotopic (exact) mass is 371 g/mol. The van der Waals surface area contributed by atoms with E-state index in [1.54, 1.807) is 0 Å². The number of rotatable bonds is 4. The molecule has 3 aliphatic rings. The first-order valence-electron chi connectivity index (χ1n) is 10.2. The van der Waals surface area contributed by atoms with Crippen LogP contribution in [0.2, 0.25) is 0 Å². The van der Waals surface area contributed by atoms with Crippen molar-refractivity contribution < 1.29 is 14.3 Å². The molecule has 4 rings (SSSR count). The van der Waals surface area contributed by atoms with Gasteiger partial charge in [-0.3, -0.25) is 9.59 Å². The Labute approximate surface area is 160 Å². The number of hydrogen-bond acceptors (Lipinski definition) is 4. The molecule has 1 aromatic rings. The normalized spacial score (nSPS) is 25.2. The summed E-state index contributed by atoms with van der Waals surface area (Å²) in [5.41, 5.74) is 1.59. The minimum absolute atomic E-state index is 0.0776. The molecule has 1 atom stereocenters. The van der Waals surface area contributed by atoms with Gasteiger partial charge in [0.1, 0.15) is 5.60 Å². The zero-order valence-electron chi connectivity index (χ0n) is 16.1. The molecule has 3 heterocycles. The van der Waals surface area contributed by atoms with Crippen molar-refractivity contribution in [3.8, 4) is 0 Å². The number of benzene rings is 1. The lowest BCUT2D eigenvalue weighted by molar-refractivity contribution is -0.133.